The van der Waals surface area contributed by atoms with Crippen molar-refractivity contribution in [2.24, 2.45) is 0 Å². The van der Waals surface area contributed by atoms with Gasteiger partial charge in [0.05, 0.1) is 12.9 Å². The van der Waals surface area contributed by atoms with Gasteiger partial charge in [0.1, 0.15) is 10.8 Å². The molecule has 26 heavy (non-hydrogen) atoms. The molecule has 3 rings (SSSR count). The van der Waals surface area contributed by atoms with E-state index < -0.39 is 0 Å². The number of rotatable bonds is 7. The van der Waals surface area contributed by atoms with Crippen LogP contribution in [0.5, 0.6) is 5.75 Å². The Kier molecular flexibility index (Phi) is 5.84. The largest absolute Gasteiger partial charge is 0.497 e. The lowest BCUT2D eigenvalue weighted by Crippen LogP contribution is -2.13. The van der Waals surface area contributed by atoms with Crippen LogP contribution in [0.1, 0.15) is 24.8 Å². The van der Waals surface area contributed by atoms with Gasteiger partial charge in [-0.2, -0.15) is 0 Å². The fraction of sp³-hybridized carbons (Fsp3) is 0.312. The Morgan fingerprint density at radius 3 is 2.88 bits per heavy atom. The van der Waals surface area contributed by atoms with E-state index in [2.05, 4.69) is 25.7 Å². The summed E-state index contributed by atoms with van der Waals surface area (Å²) in [6, 6.07) is 7.32. The molecule has 2 heterocycles. The van der Waals surface area contributed by atoms with Gasteiger partial charge in [-0.05, 0) is 18.2 Å². The van der Waals surface area contributed by atoms with Gasteiger partial charge >= 0.3 is 0 Å². The van der Waals surface area contributed by atoms with Crippen LogP contribution in [0.3, 0.4) is 0 Å². The zero-order valence-corrected chi connectivity index (χ0v) is 16.1. The van der Waals surface area contributed by atoms with Crippen LogP contribution in [0.15, 0.2) is 33.9 Å². The molecule has 0 aliphatic rings. The first-order valence-corrected chi connectivity index (χ1v) is 9.59. The van der Waals surface area contributed by atoms with Gasteiger partial charge in [-0.1, -0.05) is 43.0 Å². The fourth-order valence-electron chi connectivity index (χ4n) is 1.94. The van der Waals surface area contributed by atoms with Crippen LogP contribution in [-0.4, -0.2) is 39.2 Å². The molecule has 3 aromatic rings. The highest BCUT2D eigenvalue weighted by molar-refractivity contribution is 7.99. The normalized spacial score (nSPS) is 10.9. The van der Waals surface area contributed by atoms with Crippen LogP contribution in [0.2, 0.25) is 0 Å². The quantitative estimate of drug-likeness (QED) is 0.611. The molecule has 8 nitrogen and oxygen atoms in total. The minimum absolute atomic E-state index is 0.135. The fourth-order valence-corrected chi connectivity index (χ4v) is 3.27. The Morgan fingerprint density at radius 1 is 1.31 bits per heavy atom. The Morgan fingerprint density at radius 2 is 2.15 bits per heavy atom. The maximum atomic E-state index is 12.0. The third kappa shape index (κ3) is 4.58. The van der Waals surface area contributed by atoms with Gasteiger partial charge in [0.25, 0.3) is 5.22 Å². The number of nitrogens with one attached hydrogen (secondary N) is 1. The van der Waals surface area contributed by atoms with Crippen LogP contribution in [0.4, 0.5) is 5.13 Å². The van der Waals surface area contributed by atoms with Crippen molar-refractivity contribution in [3.63, 3.8) is 0 Å². The van der Waals surface area contributed by atoms with Gasteiger partial charge < -0.3 is 9.15 Å². The number of hydrogen-bond donors (Lipinski definition) is 1. The van der Waals surface area contributed by atoms with E-state index in [9.17, 15) is 4.79 Å². The average molecular weight is 391 g/mol. The number of anilines is 1. The van der Waals surface area contributed by atoms with Gasteiger partial charge in [0.2, 0.25) is 16.9 Å². The first-order valence-electron chi connectivity index (χ1n) is 7.79. The number of ether oxygens (including phenoxy) is 1. The molecule has 10 heteroatoms. The minimum atomic E-state index is -0.206. The van der Waals surface area contributed by atoms with Crippen molar-refractivity contribution in [3.05, 3.63) is 29.3 Å². The summed E-state index contributed by atoms with van der Waals surface area (Å²) in [6.45, 7) is 4.05. The second kappa shape index (κ2) is 8.28. The standard InChI is InChI=1S/C16H17N5O3S2/c1-9(2)14-19-20-15(26-14)17-12(22)8-25-16-21-18-13(24-16)10-5-4-6-11(7-10)23-3/h4-7,9H,8H2,1-3H3,(H,17,20,22). The van der Waals surface area contributed by atoms with E-state index >= 15 is 0 Å². The minimum Gasteiger partial charge on any atom is -0.497 e. The molecule has 0 aliphatic heterocycles. The SMILES string of the molecule is COc1cccc(-c2nnc(SCC(=O)Nc3nnc(C(C)C)s3)o2)c1. The smallest absolute Gasteiger partial charge is 0.277 e. The van der Waals surface area contributed by atoms with Crippen molar-refractivity contribution in [2.75, 3.05) is 18.2 Å². The average Bonchev–Trinajstić information content (AvgIpc) is 3.29. The molecule has 0 fully saturated rings. The third-order valence-electron chi connectivity index (χ3n) is 3.23. The third-order valence-corrected chi connectivity index (χ3v) is 5.19. The molecule has 0 atom stereocenters. The van der Waals surface area contributed by atoms with Crippen molar-refractivity contribution in [2.45, 2.75) is 25.0 Å². The van der Waals surface area contributed by atoms with Gasteiger partial charge in [0, 0.05) is 11.5 Å². The topological polar surface area (TPSA) is 103 Å². The number of carbonyl (C=O) groups excluding carboxylic acids is 1. The second-order valence-corrected chi connectivity index (χ2v) is 7.48. The van der Waals surface area contributed by atoms with Crippen molar-refractivity contribution in [1.82, 2.24) is 20.4 Å². The summed E-state index contributed by atoms with van der Waals surface area (Å²) in [5.74, 6) is 1.28. The summed E-state index contributed by atoms with van der Waals surface area (Å²) in [4.78, 5) is 12.0. The summed E-state index contributed by atoms with van der Waals surface area (Å²) in [7, 11) is 1.59. The van der Waals surface area contributed by atoms with E-state index in [1.54, 1.807) is 13.2 Å². The van der Waals surface area contributed by atoms with E-state index in [0.29, 0.717) is 22.0 Å². The first kappa shape index (κ1) is 18.3. The van der Waals surface area contributed by atoms with Crippen LogP contribution in [0, 0.1) is 0 Å². The molecule has 1 aromatic carbocycles. The molecule has 0 saturated heterocycles. The first-order chi connectivity index (χ1) is 12.5. The lowest BCUT2D eigenvalue weighted by Gasteiger charge is -2.00. The summed E-state index contributed by atoms with van der Waals surface area (Å²) in [6.07, 6.45) is 0. The van der Waals surface area contributed by atoms with E-state index in [1.807, 2.05) is 32.0 Å². The molecule has 0 aliphatic carbocycles. The molecule has 1 amide bonds. The van der Waals surface area contributed by atoms with Crippen molar-refractivity contribution in [1.29, 1.82) is 0 Å². The molecular weight excluding hydrogens is 374 g/mol. The number of carbonyl (C=O) groups is 1. The van der Waals surface area contributed by atoms with Crippen LogP contribution in [-0.2, 0) is 4.79 Å². The Labute approximate surface area is 158 Å². The zero-order valence-electron chi connectivity index (χ0n) is 14.4. The molecule has 0 spiro atoms. The lowest BCUT2D eigenvalue weighted by atomic mass is 10.2. The molecule has 136 valence electrons. The van der Waals surface area contributed by atoms with E-state index in [4.69, 9.17) is 9.15 Å². The Hall–Kier alpha value is -2.46. The number of amides is 1. The molecule has 0 bridgehead atoms. The van der Waals surface area contributed by atoms with Crippen LogP contribution in [0.25, 0.3) is 11.5 Å². The summed E-state index contributed by atoms with van der Waals surface area (Å²) < 4.78 is 10.8. The maximum Gasteiger partial charge on any atom is 0.277 e. The summed E-state index contributed by atoms with van der Waals surface area (Å²) in [5.41, 5.74) is 0.753. The van der Waals surface area contributed by atoms with E-state index in [1.165, 1.54) is 11.3 Å². The molecule has 0 saturated carbocycles. The molecule has 2 aromatic heterocycles. The monoisotopic (exact) mass is 391 g/mol. The van der Waals surface area contributed by atoms with Crippen molar-refractivity contribution >= 4 is 34.1 Å². The predicted octanol–water partition coefficient (Wildman–Crippen LogP) is 3.45. The lowest BCUT2D eigenvalue weighted by molar-refractivity contribution is -0.113. The number of aromatic nitrogens is 4. The summed E-state index contributed by atoms with van der Waals surface area (Å²) in [5, 5.41) is 20.4. The maximum absolute atomic E-state index is 12.0. The Bertz CT molecular complexity index is 893. The highest BCUT2D eigenvalue weighted by Crippen LogP contribution is 2.26. The molecule has 1 N–H and O–H groups in total. The van der Waals surface area contributed by atoms with Gasteiger partial charge in [-0.3, -0.25) is 10.1 Å². The zero-order chi connectivity index (χ0) is 18.5. The predicted molar refractivity (Wildman–Crippen MR) is 99.6 cm³/mol. The van der Waals surface area contributed by atoms with Crippen molar-refractivity contribution < 1.29 is 13.9 Å². The highest BCUT2D eigenvalue weighted by Gasteiger charge is 2.14. The number of benzene rings is 1. The number of nitrogens with zero attached hydrogens (tertiary/aromatic N) is 4. The van der Waals surface area contributed by atoms with Gasteiger partial charge in [-0.25, -0.2) is 0 Å². The number of thioether (sulfide) groups is 1. The van der Waals surface area contributed by atoms with Crippen LogP contribution < -0.4 is 10.1 Å². The summed E-state index contributed by atoms with van der Waals surface area (Å²) >= 11 is 2.53. The molecular formula is C16H17N5O3S2. The molecule has 0 radical (unpaired) electrons. The van der Waals surface area contributed by atoms with E-state index in [-0.39, 0.29) is 17.6 Å². The Balaban J connectivity index is 1.56. The number of methoxy groups -OCH3 is 1. The highest BCUT2D eigenvalue weighted by atomic mass is 32.2. The van der Waals surface area contributed by atoms with Crippen molar-refractivity contribution in [3.8, 4) is 17.2 Å². The van der Waals surface area contributed by atoms with Gasteiger partial charge in [0.15, 0.2) is 0 Å². The number of hydrogen-bond acceptors (Lipinski definition) is 9. The second-order valence-electron chi connectivity index (χ2n) is 5.54. The molecule has 0 unspecified atom stereocenters. The van der Waals surface area contributed by atoms with Crippen LogP contribution >= 0.6 is 23.1 Å². The van der Waals surface area contributed by atoms with Gasteiger partial charge in [-0.15, -0.1) is 20.4 Å². The van der Waals surface area contributed by atoms with E-state index in [0.717, 1.165) is 22.3 Å².